The van der Waals surface area contributed by atoms with Gasteiger partial charge in [-0.2, -0.15) is 0 Å². The van der Waals surface area contributed by atoms with Crippen molar-refractivity contribution in [3.05, 3.63) is 41.2 Å². The summed E-state index contributed by atoms with van der Waals surface area (Å²) in [4.78, 5) is 21.9. The van der Waals surface area contributed by atoms with Crippen LogP contribution in [0.1, 0.15) is 33.5 Å². The standard InChI is InChI=1S/C12H11N3O4/c1-2-9-10(12(18)19)13-14-15(9)8-5-3-4-7(6-8)11(16)17/h3-6H,2H2,1H3,(H,16,17)(H,18,19). The van der Waals surface area contributed by atoms with Gasteiger partial charge in [-0.25, -0.2) is 14.3 Å². The number of rotatable bonds is 4. The van der Waals surface area contributed by atoms with Crippen molar-refractivity contribution in [3.63, 3.8) is 0 Å². The quantitative estimate of drug-likeness (QED) is 0.857. The van der Waals surface area contributed by atoms with Crippen LogP contribution in [-0.4, -0.2) is 37.1 Å². The predicted octanol–water partition coefficient (Wildman–Crippen LogP) is 1.23. The summed E-state index contributed by atoms with van der Waals surface area (Å²) in [6.07, 6.45) is 0.423. The van der Waals surface area contributed by atoms with Gasteiger partial charge in [-0.15, -0.1) is 5.10 Å². The van der Waals surface area contributed by atoms with Crippen molar-refractivity contribution in [3.8, 4) is 5.69 Å². The molecule has 2 aromatic rings. The molecule has 0 aliphatic heterocycles. The van der Waals surface area contributed by atoms with Gasteiger partial charge >= 0.3 is 11.9 Å². The first-order chi connectivity index (χ1) is 9.04. The highest BCUT2D eigenvalue weighted by Gasteiger charge is 2.18. The molecule has 0 atom stereocenters. The number of carbonyl (C=O) groups is 2. The van der Waals surface area contributed by atoms with Crippen LogP contribution >= 0.6 is 0 Å². The SMILES string of the molecule is CCc1c(C(=O)O)nnn1-c1cccc(C(=O)O)c1. The normalized spacial score (nSPS) is 10.4. The van der Waals surface area contributed by atoms with Crippen molar-refractivity contribution in [2.24, 2.45) is 0 Å². The zero-order valence-electron chi connectivity index (χ0n) is 10.1. The molecule has 0 amide bonds. The summed E-state index contributed by atoms with van der Waals surface area (Å²) in [5.41, 5.74) is 0.877. The Morgan fingerprint density at radius 2 is 2.00 bits per heavy atom. The zero-order chi connectivity index (χ0) is 14.0. The lowest BCUT2D eigenvalue weighted by molar-refractivity contribution is 0.0681. The van der Waals surface area contributed by atoms with Crippen LogP contribution in [0, 0.1) is 0 Å². The van der Waals surface area contributed by atoms with Crippen LogP contribution in [0.15, 0.2) is 24.3 Å². The van der Waals surface area contributed by atoms with Gasteiger partial charge in [0.1, 0.15) is 0 Å². The minimum Gasteiger partial charge on any atom is -0.478 e. The van der Waals surface area contributed by atoms with Crippen molar-refractivity contribution in [2.45, 2.75) is 13.3 Å². The van der Waals surface area contributed by atoms with E-state index >= 15 is 0 Å². The Labute approximate surface area is 108 Å². The molecular weight excluding hydrogens is 250 g/mol. The molecule has 0 aliphatic carbocycles. The molecule has 2 N–H and O–H groups in total. The fraction of sp³-hybridized carbons (Fsp3) is 0.167. The summed E-state index contributed by atoms with van der Waals surface area (Å²) >= 11 is 0. The maximum absolute atomic E-state index is 11.0. The summed E-state index contributed by atoms with van der Waals surface area (Å²) in [5, 5.41) is 25.3. The Morgan fingerprint density at radius 1 is 1.26 bits per heavy atom. The van der Waals surface area contributed by atoms with Gasteiger partial charge < -0.3 is 10.2 Å². The molecule has 0 aliphatic rings. The number of carboxylic acid groups (broad SMARTS) is 2. The topological polar surface area (TPSA) is 105 Å². The van der Waals surface area contributed by atoms with Crippen LogP contribution in [-0.2, 0) is 6.42 Å². The van der Waals surface area contributed by atoms with Crippen LogP contribution in [0.5, 0.6) is 0 Å². The smallest absolute Gasteiger partial charge is 0.358 e. The second-order valence-corrected chi connectivity index (χ2v) is 3.81. The predicted molar refractivity (Wildman–Crippen MR) is 64.7 cm³/mol. The molecule has 0 saturated heterocycles. The summed E-state index contributed by atoms with van der Waals surface area (Å²) in [7, 11) is 0. The fourth-order valence-electron chi connectivity index (χ4n) is 1.76. The molecule has 2 rings (SSSR count). The van der Waals surface area contributed by atoms with Gasteiger partial charge in [-0.3, -0.25) is 0 Å². The van der Waals surface area contributed by atoms with Crippen LogP contribution in [0.25, 0.3) is 5.69 Å². The molecule has 0 bridgehead atoms. The minimum atomic E-state index is -1.16. The number of aromatic nitrogens is 3. The minimum absolute atomic E-state index is 0.104. The highest BCUT2D eigenvalue weighted by Crippen LogP contribution is 2.15. The molecule has 7 nitrogen and oxygen atoms in total. The molecular formula is C12H11N3O4. The van der Waals surface area contributed by atoms with E-state index in [1.54, 1.807) is 19.1 Å². The summed E-state index contributed by atoms with van der Waals surface area (Å²) < 4.78 is 1.34. The molecule has 7 heteroatoms. The number of aromatic carboxylic acids is 2. The van der Waals surface area contributed by atoms with E-state index in [0.717, 1.165) is 0 Å². The first kappa shape index (κ1) is 12.7. The van der Waals surface area contributed by atoms with Crippen molar-refractivity contribution in [1.82, 2.24) is 15.0 Å². The summed E-state index contributed by atoms with van der Waals surface area (Å²) in [6.45, 7) is 1.78. The third kappa shape index (κ3) is 2.30. The first-order valence-electron chi connectivity index (χ1n) is 5.56. The van der Waals surface area contributed by atoms with E-state index in [1.165, 1.54) is 16.8 Å². The molecule has 1 aromatic carbocycles. The molecule has 1 heterocycles. The molecule has 1 aromatic heterocycles. The second kappa shape index (κ2) is 4.89. The molecule has 19 heavy (non-hydrogen) atoms. The third-order valence-corrected chi connectivity index (χ3v) is 2.64. The van der Waals surface area contributed by atoms with Gasteiger partial charge in [0.2, 0.25) is 0 Å². The third-order valence-electron chi connectivity index (χ3n) is 2.64. The second-order valence-electron chi connectivity index (χ2n) is 3.81. The van der Waals surface area contributed by atoms with Gasteiger partial charge in [0.25, 0.3) is 0 Å². The number of carboxylic acids is 2. The lowest BCUT2D eigenvalue weighted by Crippen LogP contribution is -2.07. The Morgan fingerprint density at radius 3 is 2.58 bits per heavy atom. The molecule has 98 valence electrons. The Kier molecular flexibility index (Phi) is 3.28. The van der Waals surface area contributed by atoms with E-state index in [0.29, 0.717) is 17.8 Å². The zero-order valence-corrected chi connectivity index (χ0v) is 10.1. The fourth-order valence-corrected chi connectivity index (χ4v) is 1.76. The van der Waals surface area contributed by atoms with Crippen LogP contribution < -0.4 is 0 Å². The number of hydrogen-bond donors (Lipinski definition) is 2. The van der Waals surface area contributed by atoms with Crippen LogP contribution in [0.4, 0.5) is 0 Å². The molecule has 0 saturated carbocycles. The highest BCUT2D eigenvalue weighted by molar-refractivity contribution is 5.88. The Balaban J connectivity index is 2.56. The van der Waals surface area contributed by atoms with E-state index in [1.807, 2.05) is 0 Å². The lowest BCUT2D eigenvalue weighted by atomic mass is 10.2. The number of nitrogens with zero attached hydrogens (tertiary/aromatic N) is 3. The van der Waals surface area contributed by atoms with Gasteiger partial charge in [0.05, 0.1) is 16.9 Å². The van der Waals surface area contributed by atoms with Crippen molar-refractivity contribution >= 4 is 11.9 Å². The molecule has 0 fully saturated rings. The van der Waals surface area contributed by atoms with Crippen molar-refractivity contribution in [2.75, 3.05) is 0 Å². The molecule has 0 spiro atoms. The maximum Gasteiger partial charge on any atom is 0.358 e. The van der Waals surface area contributed by atoms with Crippen LogP contribution in [0.3, 0.4) is 0 Å². The maximum atomic E-state index is 11.0. The first-order valence-corrected chi connectivity index (χ1v) is 5.56. The Hall–Kier alpha value is -2.70. The van der Waals surface area contributed by atoms with Gasteiger partial charge in [-0.1, -0.05) is 18.2 Å². The summed E-state index contributed by atoms with van der Waals surface area (Å²) in [5.74, 6) is -2.21. The van der Waals surface area contributed by atoms with E-state index in [2.05, 4.69) is 10.3 Å². The van der Waals surface area contributed by atoms with Crippen molar-refractivity contribution in [1.29, 1.82) is 0 Å². The van der Waals surface area contributed by atoms with E-state index in [-0.39, 0.29) is 11.3 Å². The van der Waals surface area contributed by atoms with E-state index in [9.17, 15) is 9.59 Å². The summed E-state index contributed by atoms with van der Waals surface area (Å²) in [6, 6.07) is 6.08. The molecule has 0 unspecified atom stereocenters. The molecule has 0 radical (unpaired) electrons. The van der Waals surface area contributed by atoms with Gasteiger partial charge in [0, 0.05) is 0 Å². The van der Waals surface area contributed by atoms with E-state index in [4.69, 9.17) is 10.2 Å². The van der Waals surface area contributed by atoms with Gasteiger partial charge in [-0.05, 0) is 24.6 Å². The average Bonchev–Trinajstić information content (AvgIpc) is 2.82. The monoisotopic (exact) mass is 261 g/mol. The highest BCUT2D eigenvalue weighted by atomic mass is 16.4. The Bertz CT molecular complexity index is 648. The largest absolute Gasteiger partial charge is 0.478 e. The number of hydrogen-bond acceptors (Lipinski definition) is 4. The lowest BCUT2D eigenvalue weighted by Gasteiger charge is -2.05. The van der Waals surface area contributed by atoms with Crippen LogP contribution in [0.2, 0.25) is 0 Å². The number of benzene rings is 1. The average molecular weight is 261 g/mol. The van der Waals surface area contributed by atoms with Gasteiger partial charge in [0.15, 0.2) is 5.69 Å². The van der Waals surface area contributed by atoms with Crippen molar-refractivity contribution < 1.29 is 19.8 Å². The van der Waals surface area contributed by atoms with E-state index < -0.39 is 11.9 Å².